The summed E-state index contributed by atoms with van der Waals surface area (Å²) >= 11 is 0. The van der Waals surface area contributed by atoms with Crippen molar-refractivity contribution in [2.45, 2.75) is 32.8 Å². The van der Waals surface area contributed by atoms with E-state index in [1.807, 2.05) is 26.8 Å². The zero-order chi connectivity index (χ0) is 16.3. The number of carbonyl (C=O) groups is 2. The van der Waals surface area contributed by atoms with E-state index in [-0.39, 0.29) is 11.8 Å². The minimum absolute atomic E-state index is 0.0875. The molecule has 0 aliphatic carbocycles. The van der Waals surface area contributed by atoms with E-state index in [1.54, 1.807) is 11.0 Å². The van der Waals surface area contributed by atoms with Gasteiger partial charge in [-0.05, 0) is 44.4 Å². The Morgan fingerprint density at radius 2 is 2.05 bits per heavy atom. The maximum Gasteiger partial charge on any atom is 0.410 e. The number of ether oxygens (including phenoxy) is 1. The van der Waals surface area contributed by atoms with E-state index in [1.165, 1.54) is 12.3 Å². The summed E-state index contributed by atoms with van der Waals surface area (Å²) in [6.07, 6.45) is 3.79. The Hall–Kier alpha value is -2.37. The average Bonchev–Trinajstić information content (AvgIpc) is 2.46. The standard InChI is InChI=1S/C16H20N2O4/c1-16(2,3)22-15(21)18-8-6-11(7-9-18)12-4-5-13(14(19)20)17-10-12/h4-6,10H,7-9H2,1-3H3,(H,19,20)/p-1. The van der Waals surface area contributed by atoms with Gasteiger partial charge in [-0.2, -0.15) is 0 Å². The molecule has 0 atom stereocenters. The van der Waals surface area contributed by atoms with E-state index in [9.17, 15) is 14.7 Å². The molecule has 0 radical (unpaired) electrons. The molecule has 0 aromatic carbocycles. The van der Waals surface area contributed by atoms with Crippen LogP contribution in [0.5, 0.6) is 0 Å². The van der Waals surface area contributed by atoms with Gasteiger partial charge in [-0.3, -0.25) is 4.98 Å². The molecular formula is C16H19N2O4-. The van der Waals surface area contributed by atoms with Crippen LogP contribution in [0, 0.1) is 0 Å². The predicted octanol–water partition coefficient (Wildman–Crippen LogP) is 1.47. The van der Waals surface area contributed by atoms with Crippen molar-refractivity contribution in [1.82, 2.24) is 9.88 Å². The summed E-state index contributed by atoms with van der Waals surface area (Å²) in [5.74, 6) is -1.29. The van der Waals surface area contributed by atoms with Crippen LogP contribution in [-0.4, -0.2) is 40.6 Å². The third-order valence-corrected chi connectivity index (χ3v) is 3.20. The fraction of sp³-hybridized carbons (Fsp3) is 0.438. The fourth-order valence-corrected chi connectivity index (χ4v) is 2.13. The Balaban J connectivity index is 2.02. The highest BCUT2D eigenvalue weighted by atomic mass is 16.6. The lowest BCUT2D eigenvalue weighted by atomic mass is 10.0. The summed E-state index contributed by atoms with van der Waals surface area (Å²) in [4.78, 5) is 28.1. The summed E-state index contributed by atoms with van der Waals surface area (Å²) in [7, 11) is 0. The van der Waals surface area contributed by atoms with Crippen LogP contribution in [0.2, 0.25) is 0 Å². The van der Waals surface area contributed by atoms with Gasteiger partial charge in [-0.25, -0.2) is 4.79 Å². The number of carboxylic acids is 1. The molecule has 6 heteroatoms. The van der Waals surface area contributed by atoms with Crippen molar-refractivity contribution >= 4 is 17.6 Å². The number of carboxylic acid groups (broad SMARTS) is 1. The maximum atomic E-state index is 12.0. The number of hydrogen-bond acceptors (Lipinski definition) is 5. The lowest BCUT2D eigenvalue weighted by Crippen LogP contribution is -2.39. The third kappa shape index (κ3) is 4.07. The van der Waals surface area contributed by atoms with Crippen LogP contribution < -0.4 is 5.11 Å². The van der Waals surface area contributed by atoms with E-state index >= 15 is 0 Å². The Morgan fingerprint density at radius 1 is 1.32 bits per heavy atom. The summed E-state index contributed by atoms with van der Waals surface area (Å²) in [5.41, 5.74) is 1.30. The Labute approximate surface area is 129 Å². The summed E-state index contributed by atoms with van der Waals surface area (Å²) in [6, 6.07) is 3.12. The lowest BCUT2D eigenvalue weighted by Gasteiger charge is -2.29. The number of hydrogen-bond donors (Lipinski definition) is 0. The van der Waals surface area contributed by atoms with Gasteiger partial charge in [0.2, 0.25) is 0 Å². The van der Waals surface area contributed by atoms with Crippen LogP contribution in [0.3, 0.4) is 0 Å². The highest BCUT2D eigenvalue weighted by molar-refractivity contribution is 5.83. The van der Waals surface area contributed by atoms with Gasteiger partial charge >= 0.3 is 6.09 Å². The van der Waals surface area contributed by atoms with Gasteiger partial charge in [0.15, 0.2) is 0 Å². The fourth-order valence-electron chi connectivity index (χ4n) is 2.13. The van der Waals surface area contributed by atoms with E-state index in [0.717, 1.165) is 11.1 Å². The molecule has 2 heterocycles. The van der Waals surface area contributed by atoms with E-state index in [4.69, 9.17) is 4.74 Å². The molecule has 0 bridgehead atoms. The van der Waals surface area contributed by atoms with Gasteiger partial charge in [0.05, 0.1) is 11.7 Å². The maximum absolute atomic E-state index is 12.0. The van der Waals surface area contributed by atoms with Crippen molar-refractivity contribution in [3.8, 4) is 0 Å². The Morgan fingerprint density at radius 3 is 2.50 bits per heavy atom. The molecule has 118 valence electrons. The summed E-state index contributed by atoms with van der Waals surface area (Å²) in [6.45, 7) is 6.53. The van der Waals surface area contributed by atoms with Gasteiger partial charge in [-0.15, -0.1) is 0 Å². The number of aromatic carboxylic acids is 1. The van der Waals surface area contributed by atoms with Gasteiger partial charge in [0.25, 0.3) is 0 Å². The molecule has 0 saturated carbocycles. The minimum atomic E-state index is -1.29. The topological polar surface area (TPSA) is 82.6 Å². The molecule has 1 aliphatic rings. The van der Waals surface area contributed by atoms with E-state index < -0.39 is 11.6 Å². The monoisotopic (exact) mass is 303 g/mol. The molecule has 0 unspecified atom stereocenters. The first-order valence-electron chi connectivity index (χ1n) is 7.11. The molecule has 22 heavy (non-hydrogen) atoms. The lowest BCUT2D eigenvalue weighted by molar-refractivity contribution is -0.255. The molecule has 2 rings (SSSR count). The number of nitrogens with zero attached hydrogens (tertiary/aromatic N) is 2. The molecular weight excluding hydrogens is 284 g/mol. The molecule has 1 aromatic heterocycles. The van der Waals surface area contributed by atoms with Crippen molar-refractivity contribution in [3.05, 3.63) is 35.7 Å². The largest absolute Gasteiger partial charge is 0.543 e. The molecule has 0 N–H and O–H groups in total. The molecule has 0 fully saturated rings. The van der Waals surface area contributed by atoms with E-state index in [0.29, 0.717) is 19.5 Å². The van der Waals surface area contributed by atoms with Crippen LogP contribution in [0.25, 0.3) is 5.57 Å². The quantitative estimate of drug-likeness (QED) is 0.826. The summed E-state index contributed by atoms with van der Waals surface area (Å²) in [5, 5.41) is 10.7. The SMILES string of the molecule is CC(C)(C)OC(=O)N1CC=C(c2ccc(C(=O)[O-])nc2)CC1. The molecule has 6 nitrogen and oxygen atoms in total. The number of aromatic nitrogens is 1. The van der Waals surface area contributed by atoms with Crippen molar-refractivity contribution in [2.75, 3.05) is 13.1 Å². The third-order valence-electron chi connectivity index (χ3n) is 3.20. The van der Waals surface area contributed by atoms with Crippen molar-refractivity contribution in [2.24, 2.45) is 0 Å². The van der Waals surface area contributed by atoms with Crippen molar-refractivity contribution in [1.29, 1.82) is 0 Å². The van der Waals surface area contributed by atoms with Crippen LogP contribution >= 0.6 is 0 Å². The highest BCUT2D eigenvalue weighted by Crippen LogP contribution is 2.23. The normalized spacial score (nSPS) is 15.2. The first-order valence-corrected chi connectivity index (χ1v) is 7.11. The van der Waals surface area contributed by atoms with Crippen molar-refractivity contribution < 1.29 is 19.4 Å². The molecule has 1 aromatic rings. The van der Waals surface area contributed by atoms with Gasteiger partial charge in [-0.1, -0.05) is 12.1 Å². The second-order valence-electron chi connectivity index (χ2n) is 6.13. The Kier molecular flexibility index (Phi) is 4.49. The van der Waals surface area contributed by atoms with Gasteiger partial charge in [0.1, 0.15) is 5.60 Å². The van der Waals surface area contributed by atoms with Crippen LogP contribution in [-0.2, 0) is 4.74 Å². The van der Waals surface area contributed by atoms with Crippen LogP contribution in [0.4, 0.5) is 4.79 Å². The van der Waals surface area contributed by atoms with Crippen molar-refractivity contribution in [3.63, 3.8) is 0 Å². The minimum Gasteiger partial charge on any atom is -0.543 e. The zero-order valence-electron chi connectivity index (χ0n) is 13.0. The second kappa shape index (κ2) is 6.17. The summed E-state index contributed by atoms with van der Waals surface area (Å²) < 4.78 is 5.33. The smallest absolute Gasteiger partial charge is 0.410 e. The number of amides is 1. The number of pyridine rings is 1. The molecule has 0 saturated heterocycles. The zero-order valence-corrected chi connectivity index (χ0v) is 13.0. The number of carbonyl (C=O) groups excluding carboxylic acids is 2. The Bertz CT molecular complexity index is 600. The van der Waals surface area contributed by atoms with E-state index in [2.05, 4.69) is 4.98 Å². The van der Waals surface area contributed by atoms with Gasteiger partial charge < -0.3 is 19.5 Å². The molecule has 0 spiro atoms. The molecule has 1 aliphatic heterocycles. The molecule has 1 amide bonds. The van der Waals surface area contributed by atoms with Crippen LogP contribution in [0.15, 0.2) is 24.4 Å². The number of rotatable bonds is 2. The van der Waals surface area contributed by atoms with Gasteiger partial charge in [0, 0.05) is 19.3 Å². The highest BCUT2D eigenvalue weighted by Gasteiger charge is 2.23. The van der Waals surface area contributed by atoms with Crippen LogP contribution in [0.1, 0.15) is 43.2 Å². The second-order valence-corrected chi connectivity index (χ2v) is 6.13. The first kappa shape index (κ1) is 16.0. The average molecular weight is 303 g/mol. The first-order chi connectivity index (χ1) is 10.3. The predicted molar refractivity (Wildman–Crippen MR) is 79.0 cm³/mol.